The molecule has 10 nitrogen and oxygen atoms in total. The molecule has 2 aliphatic heterocycles. The Labute approximate surface area is 220 Å². The first-order valence-corrected chi connectivity index (χ1v) is 13.0. The summed E-state index contributed by atoms with van der Waals surface area (Å²) < 4.78 is 29.2. The second kappa shape index (κ2) is 9.54. The number of aliphatic hydroxyl groups is 1. The first-order valence-electron chi connectivity index (χ1n) is 12.6. The zero-order chi connectivity index (χ0) is 27.5. The summed E-state index contributed by atoms with van der Waals surface area (Å²) in [6.07, 6.45) is -2.94. The molecule has 0 aromatic heterocycles. The van der Waals surface area contributed by atoms with E-state index in [2.05, 4.69) is 6.58 Å². The lowest BCUT2D eigenvalue weighted by Crippen LogP contribution is -2.70. The number of fused-ring (bicyclic) bond motifs is 3. The van der Waals surface area contributed by atoms with Crippen LogP contribution in [0, 0.1) is 17.3 Å². The topological polar surface area (TPSA) is 138 Å². The van der Waals surface area contributed by atoms with E-state index in [-0.39, 0.29) is 19.4 Å². The molecular formula is C26H35ClO10. The molecule has 0 amide bonds. The number of rotatable bonds is 3. The zero-order valence-corrected chi connectivity index (χ0v) is 22.5. The van der Waals surface area contributed by atoms with Gasteiger partial charge in [0.15, 0.2) is 11.7 Å². The van der Waals surface area contributed by atoms with Crippen molar-refractivity contribution in [1.82, 2.24) is 0 Å². The summed E-state index contributed by atoms with van der Waals surface area (Å²) in [6.45, 7) is 11.4. The second-order valence-electron chi connectivity index (χ2n) is 11.0. The molecule has 4 fully saturated rings. The highest BCUT2D eigenvalue weighted by Gasteiger charge is 2.75. The molecule has 1 N–H and O–H groups in total. The maximum Gasteiger partial charge on any atom is 0.312 e. The fraction of sp³-hybridized carbons (Fsp3) is 0.769. The van der Waals surface area contributed by atoms with Crippen LogP contribution in [0.4, 0.5) is 0 Å². The summed E-state index contributed by atoms with van der Waals surface area (Å²) in [7, 11) is 0. The van der Waals surface area contributed by atoms with Crippen LogP contribution in [0.25, 0.3) is 0 Å². The zero-order valence-electron chi connectivity index (χ0n) is 21.8. The van der Waals surface area contributed by atoms with Crippen LogP contribution in [0.1, 0.15) is 60.3 Å². The average Bonchev–Trinajstić information content (AvgIpc) is 3.53. The Morgan fingerprint density at radius 1 is 1.05 bits per heavy atom. The maximum atomic E-state index is 12.9. The lowest BCUT2D eigenvalue weighted by Gasteiger charge is -2.57. The molecule has 0 aromatic carbocycles. The molecular weight excluding hydrogens is 508 g/mol. The minimum Gasteiger partial charge on any atom is -0.462 e. The van der Waals surface area contributed by atoms with E-state index in [9.17, 15) is 24.3 Å². The van der Waals surface area contributed by atoms with Gasteiger partial charge in [-0.2, -0.15) is 0 Å². The summed E-state index contributed by atoms with van der Waals surface area (Å²) in [5.41, 5.74) is -3.71. The number of carbonyl (C=O) groups excluding carboxylic acids is 4. The third-order valence-electron chi connectivity index (χ3n) is 8.77. The standard InChI is InChI=1S/C26H35ClO10/c1-12-7-8-17(34-14(3)28)24(6)18(35-15(4)29)9-10-25(11-33-25)20(24)22(36-16(5)30)26(32)13(2)23(31)37-21(26)19(12)27/h13,17-22,32H,1,7-11H2,2-6H3/t13-,17+,18-,19-,20+,21-,22-,24-,25+,26-/m0/s1. The minimum absolute atomic E-state index is 0.254. The highest BCUT2D eigenvalue weighted by Crippen LogP contribution is 2.62. The number of esters is 4. The first kappa shape index (κ1) is 27.9. The van der Waals surface area contributed by atoms with Crippen molar-refractivity contribution in [2.24, 2.45) is 17.3 Å². The van der Waals surface area contributed by atoms with E-state index in [1.54, 1.807) is 6.92 Å². The quantitative estimate of drug-likeness (QED) is 0.186. The summed E-state index contributed by atoms with van der Waals surface area (Å²) in [5.74, 6) is -4.47. The average molecular weight is 543 g/mol. The predicted octanol–water partition coefficient (Wildman–Crippen LogP) is 2.22. The number of epoxide rings is 1. The molecule has 10 atom stereocenters. The molecule has 0 bridgehead atoms. The highest BCUT2D eigenvalue weighted by molar-refractivity contribution is 6.23. The largest absolute Gasteiger partial charge is 0.462 e. The van der Waals surface area contributed by atoms with Crippen molar-refractivity contribution in [2.45, 2.75) is 101 Å². The van der Waals surface area contributed by atoms with Gasteiger partial charge in [-0.1, -0.05) is 19.1 Å². The van der Waals surface area contributed by atoms with Crippen molar-refractivity contribution in [2.75, 3.05) is 6.61 Å². The summed E-state index contributed by atoms with van der Waals surface area (Å²) in [6, 6.07) is 0. The van der Waals surface area contributed by atoms with Crippen LogP contribution < -0.4 is 0 Å². The van der Waals surface area contributed by atoms with E-state index in [1.165, 1.54) is 27.7 Å². The highest BCUT2D eigenvalue weighted by atomic mass is 35.5. The monoisotopic (exact) mass is 542 g/mol. The molecule has 2 aliphatic carbocycles. The van der Waals surface area contributed by atoms with Crippen LogP contribution in [0.15, 0.2) is 12.2 Å². The Hall–Kier alpha value is -2.17. The fourth-order valence-corrected chi connectivity index (χ4v) is 7.22. The number of alkyl halides is 1. The van der Waals surface area contributed by atoms with Crippen molar-refractivity contribution in [3.8, 4) is 0 Å². The molecule has 4 aliphatic rings. The molecule has 37 heavy (non-hydrogen) atoms. The van der Waals surface area contributed by atoms with Crippen LogP contribution >= 0.6 is 11.6 Å². The van der Waals surface area contributed by atoms with Crippen LogP contribution in [-0.2, 0) is 42.9 Å². The smallest absolute Gasteiger partial charge is 0.312 e. The lowest BCUT2D eigenvalue weighted by molar-refractivity contribution is -0.244. The normalized spacial score (nSPS) is 45.2. The molecule has 0 unspecified atom stereocenters. The number of ether oxygens (including phenoxy) is 5. The van der Waals surface area contributed by atoms with E-state index in [4.69, 9.17) is 35.3 Å². The SMILES string of the molecule is C=C1CC[C@@H](OC(C)=O)[C@@]2(C)[C@@H](OC(C)=O)CC[C@@]3(CO3)[C@@H]2[C@H](OC(C)=O)[C@]2(O)[C@@H](C)C(=O)O[C@H]2[C@H]1Cl. The summed E-state index contributed by atoms with van der Waals surface area (Å²) in [5, 5.41) is 11.4. The second-order valence-corrected chi connectivity index (χ2v) is 11.5. The van der Waals surface area contributed by atoms with Crippen LogP contribution in [0.2, 0.25) is 0 Å². The van der Waals surface area contributed by atoms with Gasteiger partial charge in [0, 0.05) is 26.7 Å². The summed E-state index contributed by atoms with van der Waals surface area (Å²) >= 11 is 6.75. The molecule has 1 spiro atoms. The molecule has 206 valence electrons. The van der Waals surface area contributed by atoms with Gasteiger partial charge in [-0.3, -0.25) is 19.2 Å². The lowest BCUT2D eigenvalue weighted by atomic mass is 9.52. The van der Waals surface area contributed by atoms with Crippen molar-refractivity contribution in [3.05, 3.63) is 12.2 Å². The maximum absolute atomic E-state index is 12.9. The van der Waals surface area contributed by atoms with E-state index in [1.807, 2.05) is 0 Å². The van der Waals surface area contributed by atoms with Gasteiger partial charge in [0.2, 0.25) is 0 Å². The third-order valence-corrected chi connectivity index (χ3v) is 9.30. The van der Waals surface area contributed by atoms with Gasteiger partial charge in [-0.05, 0) is 32.6 Å². The van der Waals surface area contributed by atoms with E-state index in [0.717, 1.165) is 0 Å². The van der Waals surface area contributed by atoms with Crippen molar-refractivity contribution >= 4 is 35.5 Å². The number of hydrogen-bond acceptors (Lipinski definition) is 10. The molecule has 2 saturated heterocycles. The van der Waals surface area contributed by atoms with Crippen LogP contribution in [0.5, 0.6) is 0 Å². The number of halogens is 1. The van der Waals surface area contributed by atoms with Crippen molar-refractivity contribution in [1.29, 1.82) is 0 Å². The molecule has 0 aromatic rings. The van der Waals surface area contributed by atoms with Gasteiger partial charge in [0.25, 0.3) is 0 Å². The van der Waals surface area contributed by atoms with Crippen LogP contribution in [-0.4, -0.2) is 76.6 Å². The first-order chi connectivity index (χ1) is 17.2. The van der Waals surface area contributed by atoms with Gasteiger partial charge in [0.1, 0.15) is 18.3 Å². The Kier molecular flexibility index (Phi) is 7.18. The molecule has 2 saturated carbocycles. The summed E-state index contributed by atoms with van der Waals surface area (Å²) in [4.78, 5) is 50.0. The Morgan fingerprint density at radius 2 is 1.59 bits per heavy atom. The van der Waals surface area contributed by atoms with Gasteiger partial charge < -0.3 is 28.8 Å². The van der Waals surface area contributed by atoms with Crippen molar-refractivity contribution in [3.63, 3.8) is 0 Å². The number of hydrogen-bond donors (Lipinski definition) is 1. The molecule has 0 radical (unpaired) electrons. The fourth-order valence-electron chi connectivity index (χ4n) is 6.85. The minimum atomic E-state index is -2.08. The van der Waals surface area contributed by atoms with Gasteiger partial charge in [-0.15, -0.1) is 11.6 Å². The van der Waals surface area contributed by atoms with Crippen molar-refractivity contribution < 1.29 is 48.0 Å². The Bertz CT molecular complexity index is 1010. The van der Waals surface area contributed by atoms with Gasteiger partial charge >= 0.3 is 23.9 Å². The van der Waals surface area contributed by atoms with Gasteiger partial charge in [0.05, 0.1) is 28.9 Å². The van der Waals surface area contributed by atoms with E-state index >= 15 is 0 Å². The Balaban J connectivity index is 2.00. The van der Waals surface area contributed by atoms with Gasteiger partial charge in [-0.25, -0.2) is 0 Å². The Morgan fingerprint density at radius 3 is 2.11 bits per heavy atom. The molecule has 2 heterocycles. The predicted molar refractivity (Wildman–Crippen MR) is 128 cm³/mol. The molecule has 4 rings (SSSR count). The number of carbonyl (C=O) groups is 4. The third kappa shape index (κ3) is 4.44. The van der Waals surface area contributed by atoms with E-state index in [0.29, 0.717) is 18.4 Å². The van der Waals surface area contributed by atoms with E-state index < -0.39 is 82.1 Å². The van der Waals surface area contributed by atoms with Crippen LogP contribution in [0.3, 0.4) is 0 Å². The molecule has 11 heteroatoms.